The van der Waals surface area contributed by atoms with E-state index >= 15 is 0 Å². The molecule has 402 valence electrons. The Morgan fingerprint density at radius 3 is 1.88 bits per heavy atom. The normalized spacial score (nSPS) is 13.2. The van der Waals surface area contributed by atoms with Crippen LogP contribution in [0.4, 0.5) is 0 Å². The van der Waals surface area contributed by atoms with Gasteiger partial charge in [-0.2, -0.15) is 0 Å². The van der Waals surface area contributed by atoms with E-state index < -0.39 is 6.29 Å². The quantitative estimate of drug-likeness (QED) is 0.0613. The highest BCUT2D eigenvalue weighted by Crippen LogP contribution is 2.42. The summed E-state index contributed by atoms with van der Waals surface area (Å²) in [4.78, 5) is 42.9. The van der Waals surface area contributed by atoms with Crippen molar-refractivity contribution in [1.29, 1.82) is 0 Å². The first kappa shape index (κ1) is 53.4. The monoisotopic (exact) mass is 1090 g/mol. The Hall–Kier alpha value is -7.96. The summed E-state index contributed by atoms with van der Waals surface area (Å²) in [6.45, 7) is 6.96. The molecule has 78 heavy (non-hydrogen) atoms. The molecule has 0 aliphatic carbocycles. The smallest absolute Gasteiger partial charge is 0.273 e. The van der Waals surface area contributed by atoms with E-state index in [1.54, 1.807) is 33.3 Å². The van der Waals surface area contributed by atoms with Crippen molar-refractivity contribution in [1.82, 2.24) is 30.0 Å². The molecule has 6 aromatic carbocycles. The van der Waals surface area contributed by atoms with Crippen LogP contribution in [-0.4, -0.2) is 84.7 Å². The van der Waals surface area contributed by atoms with Crippen LogP contribution >= 0.6 is 22.7 Å². The number of rotatable bonds is 24. The maximum Gasteiger partial charge on any atom is 0.273 e. The van der Waals surface area contributed by atoms with Crippen molar-refractivity contribution in [2.24, 2.45) is 0 Å². The van der Waals surface area contributed by atoms with Crippen molar-refractivity contribution in [2.45, 2.75) is 65.3 Å². The van der Waals surface area contributed by atoms with Crippen molar-refractivity contribution >= 4 is 34.5 Å². The van der Waals surface area contributed by atoms with Gasteiger partial charge in [0.15, 0.2) is 34.5 Å². The fraction of sp³-hybridized carbons (Fsp3) is 0.279. The van der Waals surface area contributed by atoms with E-state index in [1.807, 2.05) is 83.6 Å². The summed E-state index contributed by atoms with van der Waals surface area (Å²) in [5.41, 5.74) is 9.43. The number of aromatic nitrogens is 2. The van der Waals surface area contributed by atoms with Gasteiger partial charge in [-0.05, 0) is 108 Å². The third-order valence-electron chi connectivity index (χ3n) is 13.5. The molecule has 10 rings (SSSR count). The molecule has 1 N–H and O–H groups in total. The van der Waals surface area contributed by atoms with E-state index in [0.29, 0.717) is 99.6 Å². The highest BCUT2D eigenvalue weighted by molar-refractivity contribution is 7.10. The minimum Gasteiger partial charge on any atom is -0.497 e. The van der Waals surface area contributed by atoms with Gasteiger partial charge < -0.3 is 43.4 Å². The molecular weight excluding hydrogens is 1020 g/mol. The molecule has 2 amide bonds. The topological polar surface area (TPSA) is 146 Å². The average Bonchev–Trinajstić information content (AvgIpc) is 4.31. The van der Waals surface area contributed by atoms with Crippen LogP contribution in [0.15, 0.2) is 138 Å². The number of hydrogen-bond donors (Lipinski definition) is 1. The van der Waals surface area contributed by atoms with Crippen molar-refractivity contribution in [2.75, 3.05) is 48.3 Å². The zero-order valence-electron chi connectivity index (χ0n) is 44.4. The van der Waals surface area contributed by atoms with Crippen LogP contribution in [0.2, 0.25) is 0 Å². The van der Waals surface area contributed by atoms with Crippen molar-refractivity contribution in [3.05, 3.63) is 204 Å². The second-order valence-electron chi connectivity index (χ2n) is 19.3. The Balaban J connectivity index is 0.730. The van der Waals surface area contributed by atoms with Gasteiger partial charge in [0.2, 0.25) is 6.79 Å². The van der Waals surface area contributed by atoms with Gasteiger partial charge in [-0.25, -0.2) is 9.97 Å². The number of nitrogens with zero attached hydrogens (tertiary/aromatic N) is 5. The summed E-state index contributed by atoms with van der Waals surface area (Å²) < 4.78 is 40.2. The molecule has 17 heteroatoms. The fourth-order valence-electron chi connectivity index (χ4n) is 9.35. The molecule has 15 nitrogen and oxygen atoms in total. The minimum atomic E-state index is -0.625. The van der Waals surface area contributed by atoms with E-state index in [2.05, 4.69) is 76.6 Å². The number of amides is 2. The summed E-state index contributed by atoms with van der Waals surface area (Å²) in [5.74, 6) is 4.62. The van der Waals surface area contributed by atoms with Gasteiger partial charge >= 0.3 is 0 Å². The van der Waals surface area contributed by atoms with Crippen LogP contribution < -0.4 is 38.5 Å². The first-order chi connectivity index (χ1) is 38.0. The van der Waals surface area contributed by atoms with Gasteiger partial charge in [0.1, 0.15) is 27.2 Å². The van der Waals surface area contributed by atoms with E-state index in [4.69, 9.17) is 43.1 Å². The minimum absolute atomic E-state index is 0.122. The molecule has 4 heterocycles. The number of nitrogens with one attached hydrogen (secondary N) is 1. The maximum atomic E-state index is 13.6. The zero-order chi connectivity index (χ0) is 54.0. The number of ether oxygens (including phenoxy) is 7. The molecule has 0 radical (unpaired) electrons. The van der Waals surface area contributed by atoms with Crippen LogP contribution in [0, 0.1) is 6.92 Å². The lowest BCUT2D eigenvalue weighted by molar-refractivity contribution is 0.0486. The fourth-order valence-corrected chi connectivity index (χ4v) is 11.0. The summed E-state index contributed by atoms with van der Waals surface area (Å²) in [5, 5.41) is 8.44. The summed E-state index contributed by atoms with van der Waals surface area (Å²) in [6, 6.07) is 42.6. The summed E-state index contributed by atoms with van der Waals surface area (Å²) in [6.07, 6.45) is 0.638. The first-order valence-electron chi connectivity index (χ1n) is 25.7. The van der Waals surface area contributed by atoms with Crippen molar-refractivity contribution < 1.29 is 42.7 Å². The Kier molecular flexibility index (Phi) is 17.1. The van der Waals surface area contributed by atoms with Gasteiger partial charge in [0.05, 0.1) is 34.4 Å². The standard InChI is InChI=1S/C61H62N6O9S2/c1-40-9-11-43(12-10-40)31-66(36-58-64-50(38-78-58)60(69)65(2)26-24-42-15-20-51(71-4)54(28-42)72-5)34-46-17-22-53-56(30-46)76-61(75-53)47-8-6-7-41(27-47)23-25-62-59(68)49-37-77-57(63-49)35-67(32-44-13-18-48(70-3)19-14-44)33-45-16-21-52-55(29-45)74-39-73-52/h6-22,27-30,37-38,61H,23-26,31-36,39H2,1-5H3,(H,62,68). The SMILES string of the molecule is COc1ccc(CN(Cc2ccc3c(c2)OCO3)Cc2nc(C(=O)NCCc3cccc(C4Oc5ccc(CN(Cc6ccc(C)cc6)Cc6nc(C(=O)N(C)CCc7ccc(OC)c(OC)c7)cs6)cc5O4)c3)cs2)cc1. The Morgan fingerprint density at radius 1 is 0.590 bits per heavy atom. The number of benzene rings is 6. The van der Waals surface area contributed by atoms with E-state index in [1.165, 1.54) is 33.8 Å². The highest BCUT2D eigenvalue weighted by atomic mass is 32.1. The van der Waals surface area contributed by atoms with Gasteiger partial charge in [-0.1, -0.05) is 78.4 Å². The number of hydrogen-bond acceptors (Lipinski definition) is 15. The molecule has 0 saturated carbocycles. The summed E-state index contributed by atoms with van der Waals surface area (Å²) >= 11 is 2.97. The molecule has 0 spiro atoms. The van der Waals surface area contributed by atoms with Gasteiger partial charge in [0, 0.05) is 62.6 Å². The lowest BCUT2D eigenvalue weighted by atomic mass is 10.1. The molecule has 2 aliphatic heterocycles. The lowest BCUT2D eigenvalue weighted by Gasteiger charge is -2.22. The van der Waals surface area contributed by atoms with Gasteiger partial charge in [-0.15, -0.1) is 22.7 Å². The number of fused-ring (bicyclic) bond motifs is 2. The number of carbonyl (C=O) groups is 2. The number of carbonyl (C=O) groups excluding carboxylic acids is 2. The second kappa shape index (κ2) is 25.0. The van der Waals surface area contributed by atoms with Crippen LogP contribution in [0.3, 0.4) is 0 Å². The van der Waals surface area contributed by atoms with Crippen molar-refractivity contribution in [3.63, 3.8) is 0 Å². The zero-order valence-corrected chi connectivity index (χ0v) is 46.0. The first-order valence-corrected chi connectivity index (χ1v) is 27.5. The maximum absolute atomic E-state index is 13.6. The number of thiazole rings is 2. The molecule has 1 atom stereocenters. The van der Waals surface area contributed by atoms with Crippen molar-refractivity contribution in [3.8, 4) is 40.2 Å². The third kappa shape index (κ3) is 13.6. The molecule has 2 aromatic heterocycles. The number of aryl methyl sites for hydroxylation is 1. The van der Waals surface area contributed by atoms with E-state index in [0.717, 1.165) is 60.6 Å². The highest BCUT2D eigenvalue weighted by Gasteiger charge is 2.27. The van der Waals surface area contributed by atoms with Crippen LogP contribution in [0.5, 0.6) is 40.2 Å². The average molecular weight is 1090 g/mol. The number of methoxy groups -OCH3 is 3. The summed E-state index contributed by atoms with van der Waals surface area (Å²) in [7, 11) is 6.70. The molecule has 0 saturated heterocycles. The van der Waals surface area contributed by atoms with Crippen LogP contribution in [-0.2, 0) is 52.1 Å². The van der Waals surface area contributed by atoms with Gasteiger partial charge in [-0.3, -0.25) is 19.4 Å². The Morgan fingerprint density at radius 2 is 1.18 bits per heavy atom. The molecule has 8 aromatic rings. The van der Waals surface area contributed by atoms with E-state index in [-0.39, 0.29) is 18.6 Å². The second-order valence-corrected chi connectivity index (χ2v) is 21.2. The van der Waals surface area contributed by atoms with Crippen LogP contribution in [0.1, 0.15) is 81.8 Å². The Bertz CT molecular complexity index is 3350. The van der Waals surface area contributed by atoms with Crippen LogP contribution in [0.25, 0.3) is 0 Å². The molecule has 0 bridgehead atoms. The molecular formula is C61H62N6O9S2. The third-order valence-corrected chi connectivity index (χ3v) is 15.2. The predicted molar refractivity (Wildman–Crippen MR) is 300 cm³/mol. The Labute approximate surface area is 462 Å². The van der Waals surface area contributed by atoms with Gasteiger partial charge in [0.25, 0.3) is 18.1 Å². The molecule has 2 aliphatic rings. The lowest BCUT2D eigenvalue weighted by Crippen LogP contribution is -2.29. The largest absolute Gasteiger partial charge is 0.497 e. The molecule has 0 fully saturated rings. The van der Waals surface area contributed by atoms with E-state index in [9.17, 15) is 9.59 Å². The molecule has 1 unspecified atom stereocenters. The predicted octanol–water partition coefficient (Wildman–Crippen LogP) is 10.8. The number of likely N-dealkylation sites (N-methyl/N-ethyl adjacent to an activating group) is 1.